The smallest absolute Gasteiger partial charge is 0.261 e. The minimum atomic E-state index is -0.950. The summed E-state index contributed by atoms with van der Waals surface area (Å²) in [6.07, 6.45) is 16.1. The molecule has 0 saturated heterocycles. The Hall–Kier alpha value is -2.58. The fourth-order valence-corrected chi connectivity index (χ4v) is 8.18. The lowest BCUT2D eigenvalue weighted by atomic mass is 9.46. The van der Waals surface area contributed by atoms with E-state index in [-0.39, 0.29) is 29.4 Å². The van der Waals surface area contributed by atoms with Crippen molar-refractivity contribution in [3.05, 3.63) is 47.5 Å². The average Bonchev–Trinajstić information content (AvgIpc) is 3.15. The number of fused-ring (bicyclic) bond motifs is 5. The molecule has 5 rings (SSSR count). The first-order valence-electron chi connectivity index (χ1n) is 13.6. The minimum absolute atomic E-state index is 0.0727. The zero-order chi connectivity index (χ0) is 25.6. The second-order valence-electron chi connectivity index (χ2n) is 12.1. The highest BCUT2D eigenvalue weighted by molar-refractivity contribution is 5.96. The number of rotatable bonds is 5. The van der Waals surface area contributed by atoms with Gasteiger partial charge < -0.3 is 15.3 Å². The summed E-state index contributed by atoms with van der Waals surface area (Å²) in [6, 6.07) is 9.83. The van der Waals surface area contributed by atoms with Gasteiger partial charge in [-0.3, -0.25) is 4.79 Å². The monoisotopic (exact) mass is 488 g/mol. The van der Waals surface area contributed by atoms with E-state index in [4.69, 9.17) is 11.3 Å². The van der Waals surface area contributed by atoms with Crippen molar-refractivity contribution in [1.82, 2.24) is 5.32 Å². The normalized spacial score (nSPS) is 39.1. The number of carbonyl (C=O) groups excluding carboxylic acids is 1. The molecule has 1 aromatic rings. The highest BCUT2D eigenvalue weighted by Crippen LogP contribution is 2.67. The van der Waals surface area contributed by atoms with Crippen LogP contribution in [0.15, 0.2) is 47.1 Å². The molecule has 3 fully saturated rings. The van der Waals surface area contributed by atoms with Crippen LogP contribution < -0.4 is 5.32 Å². The van der Waals surface area contributed by atoms with E-state index in [1.807, 2.05) is 37.3 Å². The van der Waals surface area contributed by atoms with Gasteiger partial charge >= 0.3 is 0 Å². The molecule has 0 spiro atoms. The Kier molecular flexibility index (Phi) is 6.53. The second kappa shape index (κ2) is 9.38. The van der Waals surface area contributed by atoms with E-state index in [0.29, 0.717) is 17.8 Å². The third kappa shape index (κ3) is 4.08. The van der Waals surface area contributed by atoms with Gasteiger partial charge in [-0.1, -0.05) is 60.8 Å². The number of aliphatic hydroxyl groups is 1. The zero-order valence-corrected chi connectivity index (χ0v) is 21.9. The maximum Gasteiger partial charge on any atom is 0.261 e. The molecule has 2 N–H and O–H groups in total. The predicted octanol–water partition coefficient (Wildman–Crippen LogP) is 5.56. The Morgan fingerprint density at radius 2 is 1.92 bits per heavy atom. The van der Waals surface area contributed by atoms with Crippen LogP contribution in [0, 0.1) is 40.9 Å². The molecule has 3 saturated carbocycles. The lowest BCUT2D eigenvalue weighted by Crippen LogP contribution is -2.54. The lowest BCUT2D eigenvalue weighted by molar-refractivity contribution is -0.126. The number of carbonyl (C=O) groups is 1. The molecular weight excluding hydrogens is 448 g/mol. The van der Waals surface area contributed by atoms with Crippen LogP contribution >= 0.6 is 0 Å². The van der Waals surface area contributed by atoms with Crippen molar-refractivity contribution < 1.29 is 14.7 Å². The number of allylic oxidation sites excluding steroid dienone is 2. The summed E-state index contributed by atoms with van der Waals surface area (Å²) in [4.78, 5) is 17.8. The number of oxime groups is 1. The summed E-state index contributed by atoms with van der Waals surface area (Å²) in [5.41, 5.74) is 2.54. The molecule has 0 aliphatic heterocycles. The molecule has 1 aromatic carbocycles. The van der Waals surface area contributed by atoms with Gasteiger partial charge in [0.15, 0.2) is 6.61 Å². The molecule has 1 amide bonds. The van der Waals surface area contributed by atoms with E-state index >= 15 is 0 Å². The van der Waals surface area contributed by atoms with Gasteiger partial charge in [-0.05, 0) is 93.1 Å². The summed E-state index contributed by atoms with van der Waals surface area (Å²) in [5.74, 6) is 4.37. The fourth-order valence-electron chi connectivity index (χ4n) is 8.18. The van der Waals surface area contributed by atoms with E-state index in [2.05, 4.69) is 36.3 Å². The number of benzene rings is 1. The number of amides is 1. The van der Waals surface area contributed by atoms with Crippen molar-refractivity contribution in [2.24, 2.45) is 33.7 Å². The summed E-state index contributed by atoms with van der Waals surface area (Å²) < 4.78 is 0. The Labute approximate surface area is 215 Å². The largest absolute Gasteiger partial charge is 0.385 e. The summed E-state index contributed by atoms with van der Waals surface area (Å²) in [5, 5.41) is 18.5. The van der Waals surface area contributed by atoms with E-state index < -0.39 is 5.60 Å². The lowest BCUT2D eigenvalue weighted by Gasteiger charge is -2.58. The minimum Gasteiger partial charge on any atom is -0.385 e. The van der Waals surface area contributed by atoms with Crippen LogP contribution in [-0.2, 0) is 9.63 Å². The standard InChI is InChI=1S/C31H40N2O3/c1-5-31(35)18-15-27-25-12-11-23-19-24(13-16-29(23,3)26(25)14-17-30(27,31)4)33-36-20-28(34)32-21(2)22-9-7-6-8-10-22/h1,6-10,19,21,25-27,35H,11-18,20H2,2-4H3,(H,32,34)/b33-24+/t21?,25-,26+,27+,29+,30+,31+/m1/s1. The molecule has 5 nitrogen and oxygen atoms in total. The molecule has 1 unspecified atom stereocenters. The number of hydrogen-bond donors (Lipinski definition) is 2. The fraction of sp³-hybridized carbons (Fsp3) is 0.613. The third-order valence-electron chi connectivity index (χ3n) is 10.4. The van der Waals surface area contributed by atoms with Crippen molar-refractivity contribution in [3.63, 3.8) is 0 Å². The predicted molar refractivity (Wildman–Crippen MR) is 142 cm³/mol. The molecule has 7 atom stereocenters. The number of hydrogen-bond acceptors (Lipinski definition) is 4. The van der Waals surface area contributed by atoms with Gasteiger partial charge in [0.2, 0.25) is 0 Å². The Bertz CT molecular complexity index is 1100. The van der Waals surface area contributed by atoms with Gasteiger partial charge in [0.05, 0.1) is 11.8 Å². The molecule has 4 aliphatic rings. The van der Waals surface area contributed by atoms with Gasteiger partial charge in [-0.2, -0.15) is 0 Å². The number of nitrogens with one attached hydrogen (secondary N) is 1. The van der Waals surface area contributed by atoms with Crippen LogP contribution in [0.1, 0.15) is 83.7 Å². The first-order valence-corrected chi connectivity index (χ1v) is 13.6. The zero-order valence-electron chi connectivity index (χ0n) is 21.9. The molecule has 0 radical (unpaired) electrons. The van der Waals surface area contributed by atoms with Crippen molar-refractivity contribution in [2.75, 3.05) is 6.61 Å². The molecule has 5 heteroatoms. The van der Waals surface area contributed by atoms with Gasteiger partial charge in [0, 0.05) is 5.41 Å². The summed E-state index contributed by atoms with van der Waals surface area (Å²) >= 11 is 0. The molecule has 4 aliphatic carbocycles. The van der Waals surface area contributed by atoms with Crippen molar-refractivity contribution in [2.45, 2.75) is 83.8 Å². The number of terminal acetylenes is 1. The van der Waals surface area contributed by atoms with E-state index in [1.165, 1.54) is 5.57 Å². The van der Waals surface area contributed by atoms with Gasteiger partial charge in [0.25, 0.3) is 5.91 Å². The molecule has 36 heavy (non-hydrogen) atoms. The quantitative estimate of drug-likeness (QED) is 0.421. The molecule has 0 aromatic heterocycles. The Morgan fingerprint density at radius 3 is 2.67 bits per heavy atom. The summed E-state index contributed by atoms with van der Waals surface area (Å²) in [7, 11) is 0. The Balaban J connectivity index is 1.21. The average molecular weight is 489 g/mol. The molecule has 0 heterocycles. The van der Waals surface area contributed by atoms with E-state index in [1.54, 1.807) is 0 Å². The Morgan fingerprint density at radius 1 is 1.17 bits per heavy atom. The van der Waals surface area contributed by atoms with Gasteiger partial charge in [-0.25, -0.2) is 0 Å². The van der Waals surface area contributed by atoms with E-state index in [9.17, 15) is 9.90 Å². The highest BCUT2D eigenvalue weighted by Gasteiger charge is 2.63. The SMILES string of the molecule is C#C[C@]1(O)CC[C@H]2[C@@H]3CCC4=C/C(=N/OCC(=O)NC(C)c5ccccc5)CC[C@]4(C)[C@H]3CC[C@@]21C. The van der Waals surface area contributed by atoms with Crippen LogP contribution in [0.5, 0.6) is 0 Å². The van der Waals surface area contributed by atoms with Crippen molar-refractivity contribution >= 4 is 11.6 Å². The third-order valence-corrected chi connectivity index (χ3v) is 10.4. The topological polar surface area (TPSA) is 70.9 Å². The van der Waals surface area contributed by atoms with E-state index in [0.717, 1.165) is 62.6 Å². The number of nitrogens with zero attached hydrogens (tertiary/aromatic N) is 1. The maximum absolute atomic E-state index is 12.3. The van der Waals surface area contributed by atoms with Crippen LogP contribution in [0.2, 0.25) is 0 Å². The van der Waals surface area contributed by atoms with Crippen LogP contribution in [0.3, 0.4) is 0 Å². The second-order valence-corrected chi connectivity index (χ2v) is 12.1. The van der Waals surface area contributed by atoms with Crippen LogP contribution in [0.4, 0.5) is 0 Å². The van der Waals surface area contributed by atoms with Crippen LogP contribution in [-0.4, -0.2) is 28.9 Å². The highest BCUT2D eigenvalue weighted by atomic mass is 16.6. The maximum atomic E-state index is 12.3. The molecule has 0 bridgehead atoms. The first-order chi connectivity index (χ1) is 17.2. The van der Waals surface area contributed by atoms with Crippen molar-refractivity contribution in [3.8, 4) is 12.3 Å². The van der Waals surface area contributed by atoms with Crippen LogP contribution in [0.25, 0.3) is 0 Å². The molecule has 192 valence electrons. The summed E-state index contributed by atoms with van der Waals surface area (Å²) in [6.45, 7) is 6.57. The van der Waals surface area contributed by atoms with Gasteiger partial charge in [-0.15, -0.1) is 6.42 Å². The van der Waals surface area contributed by atoms with Gasteiger partial charge in [0.1, 0.15) is 5.60 Å². The van der Waals surface area contributed by atoms with Crippen molar-refractivity contribution in [1.29, 1.82) is 0 Å². The molecular formula is C31H40N2O3. The first kappa shape index (κ1) is 25.1.